The molecule has 2 aromatic carbocycles. The predicted octanol–water partition coefficient (Wildman–Crippen LogP) is 3.61. The highest BCUT2D eigenvalue weighted by Gasteiger charge is 2.16. The van der Waals surface area contributed by atoms with Gasteiger partial charge in [-0.2, -0.15) is 0 Å². The van der Waals surface area contributed by atoms with Gasteiger partial charge in [-0.3, -0.25) is 4.79 Å². The minimum absolute atomic E-state index is 0.0574. The first kappa shape index (κ1) is 14.0. The lowest BCUT2D eigenvalue weighted by atomic mass is 10.1. The molecule has 1 aromatic heterocycles. The van der Waals surface area contributed by atoms with Gasteiger partial charge >= 0.3 is 11.8 Å². The van der Waals surface area contributed by atoms with Crippen molar-refractivity contribution in [3.8, 4) is 11.5 Å². The van der Waals surface area contributed by atoms with Crippen LogP contribution in [0.25, 0.3) is 11.5 Å². The van der Waals surface area contributed by atoms with Gasteiger partial charge in [-0.25, -0.2) is 0 Å². The average Bonchev–Trinajstić information content (AvgIpc) is 2.97. The SMILES string of the molecule is Cc1cc(C)cc(NC(=O)c2nnc(-c3ccccc3)o2)c1. The minimum atomic E-state index is -0.417. The molecule has 0 unspecified atom stereocenters. The molecule has 0 saturated carbocycles. The number of hydrogen-bond donors (Lipinski definition) is 1. The molecule has 0 bridgehead atoms. The first-order valence-corrected chi connectivity index (χ1v) is 6.90. The highest BCUT2D eigenvalue weighted by Crippen LogP contribution is 2.18. The number of nitrogens with one attached hydrogen (secondary N) is 1. The third-order valence-corrected chi connectivity index (χ3v) is 3.12. The van der Waals surface area contributed by atoms with Crippen LogP contribution in [-0.2, 0) is 0 Å². The molecule has 22 heavy (non-hydrogen) atoms. The van der Waals surface area contributed by atoms with Gasteiger partial charge in [0.2, 0.25) is 5.89 Å². The standard InChI is InChI=1S/C17H15N3O2/c1-11-8-12(2)10-14(9-11)18-15(21)17-20-19-16(22-17)13-6-4-3-5-7-13/h3-10H,1-2H3,(H,18,21). The Kier molecular flexibility index (Phi) is 3.70. The van der Waals surface area contributed by atoms with E-state index in [-0.39, 0.29) is 5.89 Å². The summed E-state index contributed by atoms with van der Waals surface area (Å²) in [5.74, 6) is -0.149. The number of rotatable bonds is 3. The van der Waals surface area contributed by atoms with Crippen molar-refractivity contribution in [3.05, 3.63) is 65.5 Å². The normalized spacial score (nSPS) is 10.5. The Balaban J connectivity index is 1.80. The second kappa shape index (κ2) is 5.81. The first-order valence-electron chi connectivity index (χ1n) is 6.90. The quantitative estimate of drug-likeness (QED) is 0.801. The number of carbonyl (C=O) groups excluding carboxylic acids is 1. The second-order valence-corrected chi connectivity index (χ2v) is 5.11. The largest absolute Gasteiger partial charge is 0.412 e. The molecule has 0 fully saturated rings. The van der Waals surface area contributed by atoms with Crippen LogP contribution >= 0.6 is 0 Å². The molecule has 5 nitrogen and oxygen atoms in total. The van der Waals surface area contributed by atoms with Crippen molar-refractivity contribution in [1.29, 1.82) is 0 Å². The van der Waals surface area contributed by atoms with Gasteiger partial charge in [-0.05, 0) is 49.2 Å². The van der Waals surface area contributed by atoms with E-state index < -0.39 is 5.91 Å². The van der Waals surface area contributed by atoms with Crippen LogP contribution in [-0.4, -0.2) is 16.1 Å². The summed E-state index contributed by atoms with van der Waals surface area (Å²) in [6, 6.07) is 15.1. The fourth-order valence-electron chi connectivity index (χ4n) is 2.24. The lowest BCUT2D eigenvalue weighted by Crippen LogP contribution is -2.12. The smallest absolute Gasteiger partial charge is 0.313 e. The van der Waals surface area contributed by atoms with Crippen molar-refractivity contribution < 1.29 is 9.21 Å². The van der Waals surface area contributed by atoms with Crippen LogP contribution in [0.2, 0.25) is 0 Å². The van der Waals surface area contributed by atoms with Gasteiger partial charge in [-0.1, -0.05) is 24.3 Å². The summed E-state index contributed by atoms with van der Waals surface area (Å²) in [6.45, 7) is 3.95. The third kappa shape index (κ3) is 3.03. The average molecular weight is 293 g/mol. The maximum atomic E-state index is 12.2. The van der Waals surface area contributed by atoms with E-state index in [1.165, 1.54) is 0 Å². The van der Waals surface area contributed by atoms with Gasteiger partial charge in [0.05, 0.1) is 0 Å². The summed E-state index contributed by atoms with van der Waals surface area (Å²) >= 11 is 0. The van der Waals surface area contributed by atoms with Gasteiger partial charge < -0.3 is 9.73 Å². The van der Waals surface area contributed by atoms with Gasteiger partial charge in [-0.15, -0.1) is 10.2 Å². The van der Waals surface area contributed by atoms with E-state index in [1.54, 1.807) is 0 Å². The van der Waals surface area contributed by atoms with Crippen LogP contribution in [0.5, 0.6) is 0 Å². The summed E-state index contributed by atoms with van der Waals surface area (Å²) in [7, 11) is 0. The predicted molar refractivity (Wildman–Crippen MR) is 83.6 cm³/mol. The first-order chi connectivity index (χ1) is 10.6. The molecule has 0 aliphatic heterocycles. The highest BCUT2D eigenvalue weighted by atomic mass is 16.4. The van der Waals surface area contributed by atoms with Crippen molar-refractivity contribution >= 4 is 11.6 Å². The Bertz CT molecular complexity index is 790. The number of aryl methyl sites for hydroxylation is 2. The van der Waals surface area contributed by atoms with Crippen LogP contribution in [0.3, 0.4) is 0 Å². The fraction of sp³-hybridized carbons (Fsp3) is 0.118. The summed E-state index contributed by atoms with van der Waals surface area (Å²) < 4.78 is 5.43. The molecule has 0 radical (unpaired) electrons. The Labute approximate surface area is 128 Å². The van der Waals surface area contributed by atoms with E-state index in [1.807, 2.05) is 62.4 Å². The number of anilines is 1. The van der Waals surface area contributed by atoms with Crippen molar-refractivity contribution in [2.75, 3.05) is 5.32 Å². The van der Waals surface area contributed by atoms with E-state index in [2.05, 4.69) is 15.5 Å². The van der Waals surface area contributed by atoms with Crippen molar-refractivity contribution in [1.82, 2.24) is 10.2 Å². The Morgan fingerprint density at radius 1 is 1.00 bits per heavy atom. The van der Waals surface area contributed by atoms with Crippen LogP contribution < -0.4 is 5.32 Å². The van der Waals surface area contributed by atoms with E-state index in [0.717, 1.165) is 16.7 Å². The van der Waals surface area contributed by atoms with Crippen molar-refractivity contribution in [3.63, 3.8) is 0 Å². The monoisotopic (exact) mass is 293 g/mol. The third-order valence-electron chi connectivity index (χ3n) is 3.12. The molecule has 1 N–H and O–H groups in total. The molecule has 0 aliphatic carbocycles. The summed E-state index contributed by atoms with van der Waals surface area (Å²) in [5, 5.41) is 10.5. The zero-order valence-corrected chi connectivity index (χ0v) is 12.3. The molecule has 3 aromatic rings. The molecule has 110 valence electrons. The molecule has 1 heterocycles. The van der Waals surface area contributed by atoms with E-state index in [9.17, 15) is 4.79 Å². The zero-order valence-electron chi connectivity index (χ0n) is 12.3. The van der Waals surface area contributed by atoms with E-state index >= 15 is 0 Å². The van der Waals surface area contributed by atoms with Gasteiger partial charge in [0.25, 0.3) is 0 Å². The van der Waals surface area contributed by atoms with E-state index in [0.29, 0.717) is 11.6 Å². The lowest BCUT2D eigenvalue weighted by Gasteiger charge is -2.05. The van der Waals surface area contributed by atoms with Gasteiger partial charge in [0, 0.05) is 11.3 Å². The number of hydrogen-bond acceptors (Lipinski definition) is 4. The Morgan fingerprint density at radius 3 is 2.36 bits per heavy atom. The van der Waals surface area contributed by atoms with E-state index in [4.69, 9.17) is 4.42 Å². The van der Waals surface area contributed by atoms with Crippen LogP contribution in [0.15, 0.2) is 52.9 Å². The highest BCUT2D eigenvalue weighted by molar-refractivity contribution is 6.01. The molecule has 0 atom stereocenters. The number of benzene rings is 2. The second-order valence-electron chi connectivity index (χ2n) is 5.11. The molecular formula is C17H15N3O2. The maximum Gasteiger partial charge on any atom is 0.313 e. The molecular weight excluding hydrogens is 278 g/mol. The summed E-state index contributed by atoms with van der Waals surface area (Å²) in [5.41, 5.74) is 3.64. The number of nitrogens with zero attached hydrogens (tertiary/aromatic N) is 2. The molecule has 0 aliphatic rings. The number of carbonyl (C=O) groups is 1. The Hall–Kier alpha value is -2.95. The molecule has 5 heteroatoms. The fourth-order valence-corrected chi connectivity index (χ4v) is 2.24. The van der Waals surface area contributed by atoms with Crippen molar-refractivity contribution in [2.24, 2.45) is 0 Å². The van der Waals surface area contributed by atoms with Crippen LogP contribution in [0.1, 0.15) is 21.8 Å². The van der Waals surface area contributed by atoms with Gasteiger partial charge in [0.1, 0.15) is 0 Å². The minimum Gasteiger partial charge on any atom is -0.412 e. The van der Waals surface area contributed by atoms with Crippen LogP contribution in [0, 0.1) is 13.8 Å². The topological polar surface area (TPSA) is 68.0 Å². The maximum absolute atomic E-state index is 12.2. The van der Waals surface area contributed by atoms with Crippen LogP contribution in [0.4, 0.5) is 5.69 Å². The molecule has 0 spiro atoms. The van der Waals surface area contributed by atoms with Crippen molar-refractivity contribution in [2.45, 2.75) is 13.8 Å². The molecule has 3 rings (SSSR count). The number of aromatic nitrogens is 2. The van der Waals surface area contributed by atoms with Gasteiger partial charge in [0.15, 0.2) is 0 Å². The molecule has 1 amide bonds. The number of amides is 1. The lowest BCUT2D eigenvalue weighted by molar-refractivity contribution is 0.0991. The summed E-state index contributed by atoms with van der Waals surface area (Å²) in [4.78, 5) is 12.2. The molecule has 0 saturated heterocycles. The zero-order chi connectivity index (χ0) is 15.5. The Morgan fingerprint density at radius 2 is 1.68 bits per heavy atom. The summed E-state index contributed by atoms with van der Waals surface area (Å²) in [6.07, 6.45) is 0.